The van der Waals surface area contributed by atoms with Gasteiger partial charge in [0.1, 0.15) is 0 Å². The van der Waals surface area contributed by atoms with Gasteiger partial charge in [0.25, 0.3) is 0 Å². The normalized spacial score (nSPS) is 11.6. The maximum absolute atomic E-state index is 11.5. The molecule has 0 atom stereocenters. The molecule has 90 valence electrons. The lowest BCUT2D eigenvalue weighted by Gasteiger charge is -2.06. The second kappa shape index (κ2) is 6.62. The van der Waals surface area contributed by atoms with Crippen LogP contribution in [0.2, 0.25) is 0 Å². The summed E-state index contributed by atoms with van der Waals surface area (Å²) in [5, 5.41) is 0. The van der Waals surface area contributed by atoms with Crippen molar-refractivity contribution in [3.05, 3.63) is 35.9 Å². The van der Waals surface area contributed by atoms with E-state index in [1.165, 1.54) is 0 Å². The smallest absolute Gasteiger partial charge is 0.214 e. The van der Waals surface area contributed by atoms with Crippen LogP contribution in [-0.4, -0.2) is 27.4 Å². The highest BCUT2D eigenvalue weighted by atomic mass is 32.2. The molecule has 0 amide bonds. The monoisotopic (exact) mass is 243 g/mol. The number of ether oxygens (including phenoxy) is 1. The quantitative estimate of drug-likeness (QED) is 0.731. The zero-order chi connectivity index (χ0) is 11.9. The first-order chi connectivity index (χ1) is 7.64. The van der Waals surface area contributed by atoms with E-state index in [1.807, 2.05) is 37.3 Å². The molecule has 1 rings (SSSR count). The lowest BCUT2D eigenvalue weighted by molar-refractivity contribution is 0.163. The summed E-state index contributed by atoms with van der Waals surface area (Å²) >= 11 is 0. The van der Waals surface area contributed by atoms with Crippen LogP contribution in [0, 0.1) is 0 Å². The summed E-state index contributed by atoms with van der Waals surface area (Å²) in [5.74, 6) is 0.00761. The lowest BCUT2D eigenvalue weighted by atomic mass is 10.2. The maximum Gasteiger partial charge on any atom is 0.214 e. The molecule has 0 aliphatic carbocycles. The Kier molecular flexibility index (Phi) is 5.45. The second-order valence-corrected chi connectivity index (χ2v) is 5.25. The summed E-state index contributed by atoms with van der Waals surface area (Å²) < 4.78 is 30.5. The summed E-state index contributed by atoms with van der Waals surface area (Å²) in [6.07, 6.45) is 0. The van der Waals surface area contributed by atoms with Crippen LogP contribution in [-0.2, 0) is 21.3 Å². The molecule has 0 aliphatic rings. The SMILES string of the molecule is CCOCCS(=O)(=O)NCc1ccccc1. The summed E-state index contributed by atoms with van der Waals surface area (Å²) in [7, 11) is -3.23. The minimum absolute atomic E-state index is 0.00761. The van der Waals surface area contributed by atoms with Crippen molar-refractivity contribution in [2.24, 2.45) is 0 Å². The van der Waals surface area contributed by atoms with E-state index in [0.717, 1.165) is 5.56 Å². The fourth-order valence-corrected chi connectivity index (χ4v) is 2.04. The lowest BCUT2D eigenvalue weighted by Crippen LogP contribution is -2.28. The van der Waals surface area contributed by atoms with Crippen molar-refractivity contribution in [1.29, 1.82) is 0 Å². The fourth-order valence-electron chi connectivity index (χ4n) is 1.17. The molecule has 1 N–H and O–H groups in total. The van der Waals surface area contributed by atoms with Gasteiger partial charge >= 0.3 is 0 Å². The molecule has 0 fully saturated rings. The predicted octanol–water partition coefficient (Wildman–Crippen LogP) is 1.14. The molecule has 0 saturated heterocycles. The zero-order valence-corrected chi connectivity index (χ0v) is 10.2. The van der Waals surface area contributed by atoms with Crippen molar-refractivity contribution in [1.82, 2.24) is 4.72 Å². The molecule has 1 aromatic carbocycles. The molecule has 0 unspecified atom stereocenters. The molecular weight excluding hydrogens is 226 g/mol. The third-order valence-corrected chi connectivity index (χ3v) is 3.33. The van der Waals surface area contributed by atoms with E-state index in [2.05, 4.69) is 4.72 Å². The van der Waals surface area contributed by atoms with Crippen molar-refractivity contribution >= 4 is 10.0 Å². The van der Waals surface area contributed by atoms with Crippen LogP contribution >= 0.6 is 0 Å². The molecule has 0 spiro atoms. The molecular formula is C11H17NO3S. The van der Waals surface area contributed by atoms with Crippen LogP contribution in [0.4, 0.5) is 0 Å². The first kappa shape index (κ1) is 13.2. The van der Waals surface area contributed by atoms with E-state index in [0.29, 0.717) is 13.2 Å². The molecule has 4 nitrogen and oxygen atoms in total. The van der Waals surface area contributed by atoms with Crippen molar-refractivity contribution in [2.45, 2.75) is 13.5 Å². The van der Waals surface area contributed by atoms with E-state index in [4.69, 9.17) is 4.74 Å². The molecule has 0 saturated carbocycles. The van der Waals surface area contributed by atoms with Crippen molar-refractivity contribution in [2.75, 3.05) is 19.0 Å². The van der Waals surface area contributed by atoms with Crippen molar-refractivity contribution in [3.8, 4) is 0 Å². The minimum Gasteiger partial charge on any atom is -0.381 e. The van der Waals surface area contributed by atoms with E-state index < -0.39 is 10.0 Å². The molecule has 1 aromatic rings. The molecule has 0 aliphatic heterocycles. The van der Waals surface area contributed by atoms with Crippen LogP contribution < -0.4 is 4.72 Å². The van der Waals surface area contributed by atoms with Crippen molar-refractivity contribution in [3.63, 3.8) is 0 Å². The molecule has 16 heavy (non-hydrogen) atoms. The van der Waals surface area contributed by atoms with E-state index in [1.54, 1.807) is 0 Å². The Hall–Kier alpha value is -0.910. The average molecular weight is 243 g/mol. The van der Waals surface area contributed by atoms with Crippen LogP contribution in [0.3, 0.4) is 0 Å². The van der Waals surface area contributed by atoms with Gasteiger partial charge in [-0.15, -0.1) is 0 Å². The number of hydrogen-bond donors (Lipinski definition) is 1. The van der Waals surface area contributed by atoms with Crippen LogP contribution in [0.25, 0.3) is 0 Å². The second-order valence-electron chi connectivity index (χ2n) is 3.32. The van der Waals surface area contributed by atoms with Gasteiger partial charge in [-0.3, -0.25) is 0 Å². The van der Waals surface area contributed by atoms with E-state index in [-0.39, 0.29) is 12.4 Å². The van der Waals surface area contributed by atoms with Gasteiger partial charge in [0.2, 0.25) is 10.0 Å². The highest BCUT2D eigenvalue weighted by molar-refractivity contribution is 7.89. The largest absolute Gasteiger partial charge is 0.381 e. The van der Waals surface area contributed by atoms with E-state index in [9.17, 15) is 8.42 Å². The highest BCUT2D eigenvalue weighted by Crippen LogP contribution is 1.98. The van der Waals surface area contributed by atoms with Crippen molar-refractivity contribution < 1.29 is 13.2 Å². The summed E-state index contributed by atoms with van der Waals surface area (Å²) in [6, 6.07) is 9.41. The van der Waals surface area contributed by atoms with Crippen LogP contribution in [0.15, 0.2) is 30.3 Å². The predicted molar refractivity (Wildman–Crippen MR) is 63.6 cm³/mol. The number of benzene rings is 1. The Bertz CT molecular complexity index is 389. The number of hydrogen-bond acceptors (Lipinski definition) is 3. The molecule has 0 bridgehead atoms. The first-order valence-electron chi connectivity index (χ1n) is 5.23. The van der Waals surface area contributed by atoms with Crippen LogP contribution in [0.1, 0.15) is 12.5 Å². The number of sulfonamides is 1. The summed E-state index contributed by atoms with van der Waals surface area (Å²) in [4.78, 5) is 0. The third kappa shape index (κ3) is 5.25. The Morgan fingerprint density at radius 2 is 1.94 bits per heavy atom. The van der Waals surface area contributed by atoms with Gasteiger partial charge in [-0.25, -0.2) is 13.1 Å². The first-order valence-corrected chi connectivity index (χ1v) is 6.88. The molecule has 0 radical (unpaired) electrons. The van der Waals surface area contributed by atoms with Gasteiger partial charge < -0.3 is 4.74 Å². The number of nitrogens with one attached hydrogen (secondary N) is 1. The van der Waals surface area contributed by atoms with Gasteiger partial charge in [0.05, 0.1) is 12.4 Å². The van der Waals surface area contributed by atoms with Gasteiger partial charge in [-0.1, -0.05) is 30.3 Å². The average Bonchev–Trinajstić information content (AvgIpc) is 2.28. The van der Waals surface area contributed by atoms with E-state index >= 15 is 0 Å². The Morgan fingerprint density at radius 1 is 1.25 bits per heavy atom. The fraction of sp³-hybridized carbons (Fsp3) is 0.455. The Balaban J connectivity index is 2.36. The minimum atomic E-state index is -3.23. The summed E-state index contributed by atoms with van der Waals surface area (Å²) in [5.41, 5.74) is 0.947. The zero-order valence-electron chi connectivity index (χ0n) is 9.35. The van der Waals surface area contributed by atoms with Gasteiger partial charge in [-0.05, 0) is 12.5 Å². The molecule has 0 aromatic heterocycles. The van der Waals surface area contributed by atoms with Gasteiger partial charge in [0.15, 0.2) is 0 Å². The number of rotatable bonds is 7. The topological polar surface area (TPSA) is 55.4 Å². The van der Waals surface area contributed by atoms with Crippen LogP contribution in [0.5, 0.6) is 0 Å². The molecule has 0 heterocycles. The Labute approximate surface area is 96.7 Å². The standard InChI is InChI=1S/C11H17NO3S/c1-2-15-8-9-16(13,14)12-10-11-6-4-3-5-7-11/h3-7,12H,2,8-10H2,1H3. The summed E-state index contributed by atoms with van der Waals surface area (Å²) in [6.45, 7) is 2.94. The van der Waals surface area contributed by atoms with Gasteiger partial charge in [0, 0.05) is 13.2 Å². The van der Waals surface area contributed by atoms with Gasteiger partial charge in [-0.2, -0.15) is 0 Å². The third-order valence-electron chi connectivity index (χ3n) is 2.04. The molecule has 5 heteroatoms. The highest BCUT2D eigenvalue weighted by Gasteiger charge is 2.08. The Morgan fingerprint density at radius 3 is 2.56 bits per heavy atom. The maximum atomic E-state index is 11.5.